The lowest BCUT2D eigenvalue weighted by atomic mass is 9.97. The third-order valence-corrected chi connectivity index (χ3v) is 7.10. The normalized spacial score (nSPS) is 14.8. The van der Waals surface area contributed by atoms with Crippen LogP contribution in [0, 0.1) is 5.82 Å². The molecule has 0 bridgehead atoms. The van der Waals surface area contributed by atoms with Crippen LogP contribution in [0.25, 0.3) is 44.1 Å². The van der Waals surface area contributed by atoms with Gasteiger partial charge < -0.3 is 19.5 Å². The van der Waals surface area contributed by atoms with Crippen LogP contribution >= 0.6 is 0 Å². The molecule has 0 spiro atoms. The van der Waals surface area contributed by atoms with Crippen LogP contribution in [0.4, 0.5) is 17.6 Å². The van der Waals surface area contributed by atoms with Crippen molar-refractivity contribution in [1.82, 2.24) is 15.3 Å². The van der Waals surface area contributed by atoms with E-state index in [1.54, 1.807) is 30.3 Å². The number of ether oxygens (including phenoxy) is 1. The zero-order chi connectivity index (χ0) is 28.0. The largest absolute Gasteiger partial charge is 0.437 e. The third-order valence-electron chi connectivity index (χ3n) is 7.10. The van der Waals surface area contributed by atoms with Crippen molar-refractivity contribution in [3.8, 4) is 11.1 Å². The monoisotopic (exact) mass is 553 g/mol. The van der Waals surface area contributed by atoms with Crippen molar-refractivity contribution in [2.24, 2.45) is 0 Å². The Morgan fingerprint density at radius 3 is 2.65 bits per heavy atom. The number of carbonyl (C=O) groups is 1. The van der Waals surface area contributed by atoms with E-state index in [0.717, 1.165) is 6.07 Å². The van der Waals surface area contributed by atoms with Gasteiger partial charge in [0, 0.05) is 42.2 Å². The maximum absolute atomic E-state index is 13.8. The van der Waals surface area contributed by atoms with Gasteiger partial charge in [0.05, 0.1) is 22.0 Å². The molecule has 0 aliphatic carbocycles. The van der Waals surface area contributed by atoms with Gasteiger partial charge in [0.1, 0.15) is 5.82 Å². The highest BCUT2D eigenvalue weighted by Crippen LogP contribution is 2.36. The number of hydrogen-bond donors (Lipinski definition) is 2. The number of hydrogen-bond acceptors (Lipinski definition) is 5. The lowest BCUT2D eigenvalue weighted by Crippen LogP contribution is -2.38. The number of rotatable bonds is 5. The van der Waals surface area contributed by atoms with Gasteiger partial charge in [-0.1, -0.05) is 12.1 Å². The Morgan fingerprint density at radius 1 is 1.07 bits per heavy atom. The van der Waals surface area contributed by atoms with Gasteiger partial charge >= 0.3 is 6.18 Å². The van der Waals surface area contributed by atoms with Gasteiger partial charge in [-0.05, 0) is 61.2 Å². The average Bonchev–Trinajstić information content (AvgIpc) is 3.30. The molecule has 0 unspecified atom stereocenters. The molecule has 1 aliphatic rings. The molecule has 206 valence electrons. The fourth-order valence-electron chi connectivity index (χ4n) is 5.12. The summed E-state index contributed by atoms with van der Waals surface area (Å²) >= 11 is 0. The van der Waals surface area contributed by atoms with Crippen LogP contribution in [0.1, 0.15) is 35.3 Å². The molecule has 1 fully saturated rings. The minimum Gasteiger partial charge on any atom is -0.437 e. The summed E-state index contributed by atoms with van der Waals surface area (Å²) in [5, 5.41) is 3.86. The topological polar surface area (TPSA) is 97.2 Å². The standard InChI is InChI=1S/C29H23F4N3O4/c30-17-4-5-19-23(13-17)35-27(38)24-21-14-20(22(6-9-29(31,32)33)36-28(21)40-25(19)24)15-2-1-3-16(12-15)26(37)34-18-7-10-39-11-8-18/h1-5,12-14,18H,6-11H2,(H,34,37)(H,35,38). The van der Waals surface area contributed by atoms with Crippen LogP contribution in [-0.4, -0.2) is 41.3 Å². The molecular weight excluding hydrogens is 530 g/mol. The van der Waals surface area contributed by atoms with Gasteiger partial charge in [0.25, 0.3) is 11.5 Å². The molecule has 1 aliphatic heterocycles. The van der Waals surface area contributed by atoms with Crippen molar-refractivity contribution in [2.45, 2.75) is 37.9 Å². The van der Waals surface area contributed by atoms with Crippen LogP contribution in [0.15, 0.2) is 57.7 Å². The van der Waals surface area contributed by atoms with E-state index >= 15 is 0 Å². The average molecular weight is 554 g/mol. The Kier molecular flexibility index (Phi) is 6.53. The molecule has 4 heterocycles. The zero-order valence-corrected chi connectivity index (χ0v) is 21.0. The van der Waals surface area contributed by atoms with E-state index < -0.39 is 30.4 Å². The summed E-state index contributed by atoms with van der Waals surface area (Å²) in [6.45, 7) is 1.11. The van der Waals surface area contributed by atoms with Crippen molar-refractivity contribution in [3.63, 3.8) is 0 Å². The van der Waals surface area contributed by atoms with E-state index in [9.17, 15) is 27.2 Å². The number of H-pyrrole nitrogens is 1. The number of benzene rings is 2. The predicted octanol–water partition coefficient (Wildman–Crippen LogP) is 6.03. The van der Waals surface area contributed by atoms with Crippen LogP contribution in [0.3, 0.4) is 0 Å². The molecule has 0 atom stereocenters. The summed E-state index contributed by atoms with van der Waals surface area (Å²) < 4.78 is 64.7. The Bertz CT molecular complexity index is 1820. The molecule has 6 rings (SSSR count). The van der Waals surface area contributed by atoms with Gasteiger partial charge in [-0.25, -0.2) is 9.37 Å². The predicted molar refractivity (Wildman–Crippen MR) is 141 cm³/mol. The van der Waals surface area contributed by atoms with Gasteiger partial charge in [-0.3, -0.25) is 9.59 Å². The lowest BCUT2D eigenvalue weighted by Gasteiger charge is -2.23. The minimum atomic E-state index is -4.43. The first-order chi connectivity index (χ1) is 19.2. The molecule has 40 heavy (non-hydrogen) atoms. The van der Waals surface area contributed by atoms with Crippen molar-refractivity contribution in [2.75, 3.05) is 13.2 Å². The second-order valence-electron chi connectivity index (χ2n) is 9.84. The van der Waals surface area contributed by atoms with E-state index in [4.69, 9.17) is 9.15 Å². The highest BCUT2D eigenvalue weighted by atomic mass is 19.4. The summed E-state index contributed by atoms with van der Waals surface area (Å²) in [6, 6.07) is 11.9. The van der Waals surface area contributed by atoms with Gasteiger partial charge in [0.15, 0.2) is 5.58 Å². The minimum absolute atomic E-state index is 0.00772. The number of nitrogens with zero attached hydrogens (tertiary/aromatic N) is 1. The second kappa shape index (κ2) is 10.1. The highest BCUT2D eigenvalue weighted by molar-refractivity contribution is 6.13. The number of nitrogens with one attached hydrogen (secondary N) is 2. The smallest absolute Gasteiger partial charge is 0.389 e. The highest BCUT2D eigenvalue weighted by Gasteiger charge is 2.28. The summed E-state index contributed by atoms with van der Waals surface area (Å²) in [5.74, 6) is -0.849. The maximum Gasteiger partial charge on any atom is 0.389 e. The molecule has 0 saturated carbocycles. The van der Waals surface area contributed by atoms with Gasteiger partial charge in [0.2, 0.25) is 5.71 Å². The number of aromatic nitrogens is 2. The second-order valence-corrected chi connectivity index (χ2v) is 9.84. The molecule has 0 radical (unpaired) electrons. The molecule has 2 aromatic carbocycles. The summed E-state index contributed by atoms with van der Waals surface area (Å²) in [6.07, 6.45) is -4.60. The number of pyridine rings is 2. The molecule has 1 amide bonds. The number of aryl methyl sites for hydroxylation is 1. The number of halogens is 4. The van der Waals surface area contributed by atoms with Crippen molar-refractivity contribution < 1.29 is 31.5 Å². The Balaban J connectivity index is 1.49. The molecule has 11 heteroatoms. The molecule has 1 saturated heterocycles. The fraction of sp³-hybridized carbons (Fsp3) is 0.276. The van der Waals surface area contributed by atoms with Crippen LogP contribution in [0.2, 0.25) is 0 Å². The summed E-state index contributed by atoms with van der Waals surface area (Å²) in [4.78, 5) is 33.1. The van der Waals surface area contributed by atoms with Gasteiger partial charge in [-0.2, -0.15) is 13.2 Å². The maximum atomic E-state index is 13.8. The number of furan rings is 1. The third kappa shape index (κ3) is 5.04. The van der Waals surface area contributed by atoms with Crippen LogP contribution in [0.5, 0.6) is 0 Å². The Labute approximate surface area is 224 Å². The first-order valence-electron chi connectivity index (χ1n) is 12.8. The summed E-state index contributed by atoms with van der Waals surface area (Å²) in [7, 11) is 0. The number of fused-ring (bicyclic) bond motifs is 5. The molecular formula is C29H23F4N3O4. The quantitative estimate of drug-likeness (QED) is 0.259. The SMILES string of the molecule is O=C(NC1CCOCC1)c1cccc(-c2cc3c(nc2CCC(F)(F)F)oc2c4ccc(F)cc4[nH]c(=O)c32)c1. The summed E-state index contributed by atoms with van der Waals surface area (Å²) in [5.41, 5.74) is 1.09. The van der Waals surface area contributed by atoms with E-state index in [1.807, 2.05) is 0 Å². The van der Waals surface area contributed by atoms with Crippen molar-refractivity contribution >= 4 is 38.9 Å². The lowest BCUT2D eigenvalue weighted by molar-refractivity contribution is -0.134. The number of alkyl halides is 3. The van der Waals surface area contributed by atoms with Crippen LogP contribution in [-0.2, 0) is 11.2 Å². The van der Waals surface area contributed by atoms with E-state index in [1.165, 1.54) is 12.1 Å². The van der Waals surface area contributed by atoms with E-state index in [0.29, 0.717) is 53.5 Å². The first-order valence-corrected chi connectivity index (χ1v) is 12.8. The zero-order valence-electron chi connectivity index (χ0n) is 21.0. The molecule has 5 aromatic rings. The Morgan fingerprint density at radius 2 is 1.88 bits per heavy atom. The van der Waals surface area contributed by atoms with E-state index in [-0.39, 0.29) is 39.8 Å². The molecule has 7 nitrogen and oxygen atoms in total. The van der Waals surface area contributed by atoms with Crippen molar-refractivity contribution in [1.29, 1.82) is 0 Å². The Hall–Kier alpha value is -4.25. The molecule has 3 aromatic heterocycles. The van der Waals surface area contributed by atoms with Crippen molar-refractivity contribution in [3.05, 3.63) is 76.0 Å². The number of aromatic amines is 1. The number of carbonyl (C=O) groups excluding carboxylic acids is 1. The van der Waals surface area contributed by atoms with Crippen LogP contribution < -0.4 is 10.9 Å². The van der Waals surface area contributed by atoms with Gasteiger partial charge in [-0.15, -0.1) is 0 Å². The first kappa shape index (κ1) is 26.0. The molecule has 2 N–H and O–H groups in total. The number of amides is 1. The van der Waals surface area contributed by atoms with E-state index in [2.05, 4.69) is 15.3 Å². The fourth-order valence-corrected chi connectivity index (χ4v) is 5.12.